The highest BCUT2D eigenvalue weighted by atomic mass is 16.4. The molecular formula is C12H17NO3. The molecule has 2 N–H and O–H groups in total. The summed E-state index contributed by atoms with van der Waals surface area (Å²) in [6.07, 6.45) is 8.01. The first-order chi connectivity index (χ1) is 7.68. The molecule has 1 saturated carbocycles. The maximum Gasteiger partial charge on any atom is 0.307 e. The fourth-order valence-electron chi connectivity index (χ4n) is 2.24. The molecule has 2 rings (SSSR count). The molecule has 2 aliphatic rings. The summed E-state index contributed by atoms with van der Waals surface area (Å²) in [6, 6.07) is 0.285. The number of hydrogen-bond donors (Lipinski definition) is 2. The Kier molecular flexibility index (Phi) is 3.27. The average Bonchev–Trinajstić information content (AvgIpc) is 2.23. The van der Waals surface area contributed by atoms with Gasteiger partial charge < -0.3 is 10.4 Å². The van der Waals surface area contributed by atoms with Gasteiger partial charge in [-0.15, -0.1) is 0 Å². The second-order valence-electron chi connectivity index (χ2n) is 4.63. The van der Waals surface area contributed by atoms with Gasteiger partial charge in [0.25, 0.3) is 0 Å². The number of aliphatic carboxylic acids is 1. The largest absolute Gasteiger partial charge is 0.481 e. The zero-order valence-electron chi connectivity index (χ0n) is 9.19. The second-order valence-corrected chi connectivity index (χ2v) is 4.63. The SMILES string of the molecule is O=C(O)[C@H]1CC=CC[C@H]1C(=O)NC1CCC1. The van der Waals surface area contributed by atoms with Gasteiger partial charge in [0.15, 0.2) is 0 Å². The molecule has 0 aromatic rings. The summed E-state index contributed by atoms with van der Waals surface area (Å²) in [5.41, 5.74) is 0. The van der Waals surface area contributed by atoms with Gasteiger partial charge in [-0.25, -0.2) is 0 Å². The van der Waals surface area contributed by atoms with Crippen LogP contribution in [-0.2, 0) is 9.59 Å². The number of carbonyl (C=O) groups excluding carboxylic acids is 1. The summed E-state index contributed by atoms with van der Waals surface area (Å²) in [4.78, 5) is 22.9. The van der Waals surface area contributed by atoms with E-state index >= 15 is 0 Å². The Morgan fingerprint density at radius 3 is 2.25 bits per heavy atom. The van der Waals surface area contributed by atoms with E-state index in [9.17, 15) is 9.59 Å². The zero-order valence-corrected chi connectivity index (χ0v) is 9.19. The van der Waals surface area contributed by atoms with Crippen LogP contribution in [-0.4, -0.2) is 23.0 Å². The number of hydrogen-bond acceptors (Lipinski definition) is 2. The van der Waals surface area contributed by atoms with E-state index in [1.807, 2.05) is 12.2 Å². The molecule has 0 aromatic carbocycles. The Balaban J connectivity index is 1.96. The maximum absolute atomic E-state index is 11.9. The smallest absolute Gasteiger partial charge is 0.307 e. The van der Waals surface area contributed by atoms with E-state index in [4.69, 9.17) is 5.11 Å². The minimum Gasteiger partial charge on any atom is -0.481 e. The highest BCUT2D eigenvalue weighted by molar-refractivity contribution is 5.85. The summed E-state index contributed by atoms with van der Waals surface area (Å²) in [6.45, 7) is 0. The zero-order chi connectivity index (χ0) is 11.5. The van der Waals surface area contributed by atoms with Crippen LogP contribution in [0.3, 0.4) is 0 Å². The van der Waals surface area contributed by atoms with Crippen LogP contribution in [0.5, 0.6) is 0 Å². The molecule has 1 amide bonds. The van der Waals surface area contributed by atoms with Crippen molar-refractivity contribution in [1.29, 1.82) is 0 Å². The molecule has 0 aromatic heterocycles. The van der Waals surface area contributed by atoms with Gasteiger partial charge in [-0.2, -0.15) is 0 Å². The average molecular weight is 223 g/mol. The topological polar surface area (TPSA) is 66.4 Å². The van der Waals surface area contributed by atoms with Crippen molar-refractivity contribution < 1.29 is 14.7 Å². The molecule has 0 bridgehead atoms. The normalized spacial score (nSPS) is 29.5. The van der Waals surface area contributed by atoms with E-state index in [1.54, 1.807) is 0 Å². The Morgan fingerprint density at radius 2 is 1.75 bits per heavy atom. The standard InChI is InChI=1S/C12H17NO3/c14-11(13-8-4-3-5-8)9-6-1-2-7-10(9)12(15)16/h1-2,8-10H,3-7H2,(H,13,14)(H,15,16)/t9-,10+/m1/s1. The molecule has 0 aliphatic heterocycles. The summed E-state index contributed by atoms with van der Waals surface area (Å²) >= 11 is 0. The molecule has 2 aliphatic carbocycles. The molecule has 1 fully saturated rings. The van der Waals surface area contributed by atoms with Gasteiger partial charge in [-0.3, -0.25) is 9.59 Å². The van der Waals surface area contributed by atoms with Gasteiger partial charge >= 0.3 is 5.97 Å². The lowest BCUT2D eigenvalue weighted by atomic mass is 9.81. The lowest BCUT2D eigenvalue weighted by molar-refractivity contribution is -0.147. The lowest BCUT2D eigenvalue weighted by Crippen LogP contribution is -2.45. The number of allylic oxidation sites excluding steroid dienone is 2. The second kappa shape index (κ2) is 4.68. The molecular weight excluding hydrogens is 206 g/mol. The van der Waals surface area contributed by atoms with Crippen molar-refractivity contribution in [3.8, 4) is 0 Å². The predicted molar refractivity (Wildman–Crippen MR) is 58.8 cm³/mol. The molecule has 2 atom stereocenters. The third-order valence-electron chi connectivity index (χ3n) is 3.54. The molecule has 88 valence electrons. The third kappa shape index (κ3) is 2.26. The van der Waals surface area contributed by atoms with Crippen molar-refractivity contribution >= 4 is 11.9 Å². The Hall–Kier alpha value is -1.32. The van der Waals surface area contributed by atoms with Crippen LogP contribution < -0.4 is 5.32 Å². The number of rotatable bonds is 3. The summed E-state index contributed by atoms with van der Waals surface area (Å²) in [5, 5.41) is 12.0. The monoisotopic (exact) mass is 223 g/mol. The fraction of sp³-hybridized carbons (Fsp3) is 0.667. The molecule has 0 heterocycles. The number of amides is 1. The van der Waals surface area contributed by atoms with Crippen molar-refractivity contribution in [3.05, 3.63) is 12.2 Å². The first-order valence-corrected chi connectivity index (χ1v) is 5.86. The van der Waals surface area contributed by atoms with E-state index in [0.717, 1.165) is 19.3 Å². The predicted octanol–water partition coefficient (Wildman–Crippen LogP) is 1.32. The van der Waals surface area contributed by atoms with Crippen LogP contribution in [0, 0.1) is 11.8 Å². The molecule has 0 radical (unpaired) electrons. The quantitative estimate of drug-likeness (QED) is 0.709. The molecule has 0 unspecified atom stereocenters. The Labute approximate surface area is 94.7 Å². The van der Waals surface area contributed by atoms with Crippen LogP contribution >= 0.6 is 0 Å². The van der Waals surface area contributed by atoms with Crippen LogP contribution in [0.2, 0.25) is 0 Å². The minimum absolute atomic E-state index is 0.0820. The van der Waals surface area contributed by atoms with Crippen LogP contribution in [0.1, 0.15) is 32.1 Å². The summed E-state index contributed by atoms with van der Waals surface area (Å²) in [7, 11) is 0. The van der Waals surface area contributed by atoms with E-state index < -0.39 is 11.9 Å². The third-order valence-corrected chi connectivity index (χ3v) is 3.54. The van der Waals surface area contributed by atoms with Gasteiger partial charge in [-0.1, -0.05) is 12.2 Å². The first-order valence-electron chi connectivity index (χ1n) is 5.86. The lowest BCUT2D eigenvalue weighted by Gasteiger charge is -2.30. The number of carboxylic acid groups (broad SMARTS) is 1. The van der Waals surface area contributed by atoms with Crippen molar-refractivity contribution in [1.82, 2.24) is 5.32 Å². The van der Waals surface area contributed by atoms with Crippen molar-refractivity contribution in [2.45, 2.75) is 38.1 Å². The highest BCUT2D eigenvalue weighted by Gasteiger charge is 2.35. The minimum atomic E-state index is -0.863. The van der Waals surface area contributed by atoms with Crippen molar-refractivity contribution in [2.75, 3.05) is 0 Å². The van der Waals surface area contributed by atoms with Crippen LogP contribution in [0.15, 0.2) is 12.2 Å². The van der Waals surface area contributed by atoms with Gasteiger partial charge in [-0.05, 0) is 32.1 Å². The van der Waals surface area contributed by atoms with E-state index in [-0.39, 0.29) is 17.9 Å². The van der Waals surface area contributed by atoms with Gasteiger partial charge in [0.2, 0.25) is 5.91 Å². The van der Waals surface area contributed by atoms with Crippen molar-refractivity contribution in [3.63, 3.8) is 0 Å². The first kappa shape index (κ1) is 11.2. The highest BCUT2D eigenvalue weighted by Crippen LogP contribution is 2.27. The van der Waals surface area contributed by atoms with Gasteiger partial charge in [0, 0.05) is 6.04 Å². The van der Waals surface area contributed by atoms with E-state index in [0.29, 0.717) is 12.8 Å². The van der Waals surface area contributed by atoms with Gasteiger partial charge in [0.05, 0.1) is 11.8 Å². The molecule has 4 nitrogen and oxygen atoms in total. The number of carboxylic acids is 1. The number of nitrogens with one attached hydrogen (secondary N) is 1. The molecule has 0 spiro atoms. The fourth-order valence-corrected chi connectivity index (χ4v) is 2.24. The van der Waals surface area contributed by atoms with E-state index in [2.05, 4.69) is 5.32 Å². The molecule has 0 saturated heterocycles. The molecule has 4 heteroatoms. The molecule has 16 heavy (non-hydrogen) atoms. The van der Waals surface area contributed by atoms with Crippen LogP contribution in [0.25, 0.3) is 0 Å². The van der Waals surface area contributed by atoms with Crippen molar-refractivity contribution in [2.24, 2.45) is 11.8 Å². The summed E-state index contributed by atoms with van der Waals surface area (Å²) < 4.78 is 0. The van der Waals surface area contributed by atoms with E-state index in [1.165, 1.54) is 0 Å². The maximum atomic E-state index is 11.9. The number of carbonyl (C=O) groups is 2. The van der Waals surface area contributed by atoms with Crippen LogP contribution in [0.4, 0.5) is 0 Å². The Morgan fingerprint density at radius 1 is 1.12 bits per heavy atom. The summed E-state index contributed by atoms with van der Waals surface area (Å²) in [5.74, 6) is -1.88. The Bertz CT molecular complexity index is 320. The van der Waals surface area contributed by atoms with Gasteiger partial charge in [0.1, 0.15) is 0 Å².